The van der Waals surface area contributed by atoms with Crippen molar-refractivity contribution < 1.29 is 10.2 Å². The van der Waals surface area contributed by atoms with Gasteiger partial charge in [0.2, 0.25) is 0 Å². The molecule has 1 heterocycles. The van der Waals surface area contributed by atoms with Gasteiger partial charge in [0.15, 0.2) is 0 Å². The van der Waals surface area contributed by atoms with Crippen molar-refractivity contribution in [3.63, 3.8) is 0 Å². The Morgan fingerprint density at radius 1 is 1.20 bits per heavy atom. The first-order valence-corrected chi connectivity index (χ1v) is 4.06. The number of rotatable bonds is 2. The van der Waals surface area contributed by atoms with Gasteiger partial charge < -0.3 is 10.2 Å². The highest BCUT2D eigenvalue weighted by molar-refractivity contribution is 7.13. The average molecular weight is 163 g/mol. The van der Waals surface area contributed by atoms with Crippen molar-refractivity contribution in [2.75, 3.05) is 13.2 Å². The van der Waals surface area contributed by atoms with Crippen molar-refractivity contribution in [2.24, 2.45) is 0 Å². The number of aliphatic hydroxyl groups is 2. The molecule has 60 valence electrons. The highest BCUT2D eigenvalue weighted by Gasteiger charge is 2.28. The molecule has 1 rings (SSSR count). The third-order valence-electron chi connectivity index (χ3n) is 2.10. The summed E-state index contributed by atoms with van der Waals surface area (Å²) in [6.45, 7) is 0.389. The number of hydrogen-bond acceptors (Lipinski definition) is 3. The summed E-state index contributed by atoms with van der Waals surface area (Å²) in [5, 5.41) is 17.6. The van der Waals surface area contributed by atoms with E-state index in [-0.39, 0.29) is 25.3 Å². The van der Waals surface area contributed by atoms with Gasteiger partial charge in [0.25, 0.3) is 0 Å². The Labute approximate surface area is 63.3 Å². The second-order valence-electron chi connectivity index (χ2n) is 2.70. The molecule has 1 saturated heterocycles. The van der Waals surface area contributed by atoms with Crippen LogP contribution in [0.4, 0.5) is 0 Å². The van der Waals surface area contributed by atoms with Crippen LogP contribution in [0.2, 0.25) is 0 Å². The van der Waals surface area contributed by atoms with Crippen LogP contribution in [0.3, 0.4) is 0 Å². The summed E-state index contributed by atoms with van der Waals surface area (Å²) in [4.78, 5) is 0. The molecule has 0 aliphatic carbocycles. The molecule has 0 saturated carbocycles. The fourth-order valence-electron chi connectivity index (χ4n) is 1.35. The summed E-state index contributed by atoms with van der Waals surface area (Å²) in [5.41, 5.74) is 0. The molecule has 0 bridgehead atoms. The lowest BCUT2D eigenvalue weighted by atomic mass is 10.2. The Balaban J connectivity index is 2.41. The van der Waals surface area contributed by atoms with Gasteiger partial charge in [-0.15, -0.1) is 0 Å². The molecule has 1 aliphatic heterocycles. The van der Waals surface area contributed by atoms with Crippen LogP contribution in [-0.2, 0) is 0 Å². The minimum atomic E-state index is 0.194. The van der Waals surface area contributed by atoms with E-state index < -0.39 is 0 Å². The zero-order valence-corrected chi connectivity index (χ0v) is 7.06. The number of nitrogens with zero attached hydrogens (tertiary/aromatic N) is 1. The highest BCUT2D eigenvalue weighted by Crippen LogP contribution is 2.26. The van der Waals surface area contributed by atoms with Gasteiger partial charge in [-0.05, 0) is 12.8 Å². The summed E-state index contributed by atoms with van der Waals surface area (Å²) in [7, 11) is 2.55. The zero-order chi connectivity index (χ0) is 7.56. The molecule has 0 aromatic rings. The third kappa shape index (κ3) is 1.48. The monoisotopic (exact) mass is 163 g/mol. The highest BCUT2D eigenvalue weighted by atomic mass is 31.0. The molecule has 2 N–H and O–H groups in total. The van der Waals surface area contributed by atoms with E-state index in [0.29, 0.717) is 0 Å². The molecule has 1 aliphatic rings. The van der Waals surface area contributed by atoms with Gasteiger partial charge in [0.05, 0.1) is 13.2 Å². The Morgan fingerprint density at radius 3 is 1.80 bits per heavy atom. The standard InChI is InChI=1S/C6H14NO2P/c8-3-5-1-2-6(4-9)7(5)10/h5-6,8-9H,1-4,10H2. The maximum atomic E-state index is 8.81. The van der Waals surface area contributed by atoms with Gasteiger partial charge in [-0.1, -0.05) is 9.39 Å². The van der Waals surface area contributed by atoms with Crippen molar-refractivity contribution in [1.29, 1.82) is 0 Å². The molecule has 4 heteroatoms. The molecule has 3 unspecified atom stereocenters. The van der Waals surface area contributed by atoms with Crippen LogP contribution in [0.5, 0.6) is 0 Å². The van der Waals surface area contributed by atoms with Crippen LogP contribution in [-0.4, -0.2) is 40.2 Å². The zero-order valence-electron chi connectivity index (χ0n) is 5.90. The first-order chi connectivity index (χ1) is 4.79. The van der Waals surface area contributed by atoms with Crippen molar-refractivity contribution in [3.05, 3.63) is 0 Å². The molecule has 10 heavy (non-hydrogen) atoms. The molecule has 0 aromatic carbocycles. The first kappa shape index (κ1) is 8.41. The number of aliphatic hydroxyl groups excluding tert-OH is 2. The van der Waals surface area contributed by atoms with E-state index in [1.165, 1.54) is 0 Å². The van der Waals surface area contributed by atoms with Crippen LogP contribution < -0.4 is 0 Å². The van der Waals surface area contributed by atoms with E-state index in [9.17, 15) is 0 Å². The van der Waals surface area contributed by atoms with E-state index in [1.54, 1.807) is 0 Å². The van der Waals surface area contributed by atoms with Crippen molar-refractivity contribution in [2.45, 2.75) is 24.9 Å². The largest absolute Gasteiger partial charge is 0.395 e. The molecule has 0 aromatic heterocycles. The second-order valence-corrected chi connectivity index (χ2v) is 3.29. The van der Waals surface area contributed by atoms with Gasteiger partial charge in [0, 0.05) is 12.1 Å². The van der Waals surface area contributed by atoms with E-state index in [1.807, 2.05) is 4.67 Å². The summed E-state index contributed by atoms with van der Waals surface area (Å²) in [5.74, 6) is 0. The maximum absolute atomic E-state index is 8.81. The third-order valence-corrected chi connectivity index (χ3v) is 2.94. The molecule has 0 amide bonds. The summed E-state index contributed by atoms with van der Waals surface area (Å²) >= 11 is 0. The lowest BCUT2D eigenvalue weighted by Gasteiger charge is -2.21. The van der Waals surface area contributed by atoms with Gasteiger partial charge in [-0.3, -0.25) is 4.67 Å². The van der Waals surface area contributed by atoms with Crippen molar-refractivity contribution >= 4 is 9.39 Å². The van der Waals surface area contributed by atoms with Gasteiger partial charge in [0.1, 0.15) is 0 Å². The Kier molecular flexibility index (Phi) is 3.05. The molecule has 1 fully saturated rings. The van der Waals surface area contributed by atoms with Gasteiger partial charge in [-0.2, -0.15) is 0 Å². The van der Waals surface area contributed by atoms with Gasteiger partial charge in [-0.25, -0.2) is 0 Å². The fourth-order valence-corrected chi connectivity index (χ4v) is 1.84. The normalized spacial score (nSPS) is 35.1. The summed E-state index contributed by atoms with van der Waals surface area (Å²) in [6, 6.07) is 0.476. The number of hydrogen-bond donors (Lipinski definition) is 2. The lowest BCUT2D eigenvalue weighted by Crippen LogP contribution is -2.31. The molecule has 3 nitrogen and oxygen atoms in total. The van der Waals surface area contributed by atoms with Crippen LogP contribution in [0, 0.1) is 0 Å². The molecule has 0 spiro atoms. The predicted octanol–water partition coefficient (Wildman–Crippen LogP) is -0.406. The fraction of sp³-hybridized carbons (Fsp3) is 1.00. The van der Waals surface area contributed by atoms with Crippen LogP contribution in [0.25, 0.3) is 0 Å². The molecular formula is C6H14NO2P. The summed E-state index contributed by atoms with van der Waals surface area (Å²) < 4.78 is 1.97. The Morgan fingerprint density at radius 2 is 1.60 bits per heavy atom. The van der Waals surface area contributed by atoms with E-state index in [0.717, 1.165) is 12.8 Å². The quantitative estimate of drug-likeness (QED) is 0.544. The topological polar surface area (TPSA) is 43.7 Å². The van der Waals surface area contributed by atoms with Crippen molar-refractivity contribution in [3.8, 4) is 0 Å². The average Bonchev–Trinajstić information content (AvgIpc) is 2.30. The minimum absolute atomic E-state index is 0.194. The van der Waals surface area contributed by atoms with Crippen LogP contribution in [0.15, 0.2) is 0 Å². The first-order valence-electron chi connectivity index (χ1n) is 3.54. The Bertz CT molecular complexity index is 99.9. The SMILES string of the molecule is OCC1CCC(CO)N1P. The minimum Gasteiger partial charge on any atom is -0.395 e. The molecule has 0 radical (unpaired) electrons. The summed E-state index contributed by atoms with van der Waals surface area (Å²) in [6.07, 6.45) is 1.98. The smallest absolute Gasteiger partial charge is 0.0590 e. The van der Waals surface area contributed by atoms with E-state index in [4.69, 9.17) is 10.2 Å². The van der Waals surface area contributed by atoms with E-state index >= 15 is 0 Å². The van der Waals surface area contributed by atoms with E-state index in [2.05, 4.69) is 9.39 Å². The Hall–Kier alpha value is 0.310. The van der Waals surface area contributed by atoms with Crippen LogP contribution in [0.1, 0.15) is 12.8 Å². The van der Waals surface area contributed by atoms with Crippen LogP contribution >= 0.6 is 9.39 Å². The maximum Gasteiger partial charge on any atom is 0.0590 e. The lowest BCUT2D eigenvalue weighted by molar-refractivity contribution is 0.170. The van der Waals surface area contributed by atoms with Crippen molar-refractivity contribution in [1.82, 2.24) is 4.67 Å². The predicted molar refractivity (Wildman–Crippen MR) is 42.5 cm³/mol. The molecule has 3 atom stereocenters. The van der Waals surface area contributed by atoms with Gasteiger partial charge >= 0.3 is 0 Å². The molecular weight excluding hydrogens is 149 g/mol. The second kappa shape index (κ2) is 3.63.